The first-order chi connectivity index (χ1) is 12.7. The normalized spacial score (nSPS) is 33.1. The van der Waals surface area contributed by atoms with Crippen LogP contribution in [0.3, 0.4) is 0 Å². The minimum Gasteiger partial charge on any atom is -0.352 e. The quantitative estimate of drug-likeness (QED) is 0.663. The molecule has 27 heavy (non-hydrogen) atoms. The van der Waals surface area contributed by atoms with E-state index in [2.05, 4.69) is 12.2 Å². The third kappa shape index (κ3) is 4.01. The lowest BCUT2D eigenvalue weighted by Gasteiger charge is -2.59. The smallest absolute Gasteiger partial charge is 0.352 e. The van der Waals surface area contributed by atoms with Crippen LogP contribution in [0.5, 0.6) is 0 Å². The largest absolute Gasteiger partial charge is 0.416 e. The predicted octanol–water partition coefficient (Wildman–Crippen LogP) is 5.52. The molecule has 0 radical (unpaired) electrons. The van der Waals surface area contributed by atoms with E-state index in [1.54, 1.807) is 6.07 Å². The number of alkyl halides is 3. The van der Waals surface area contributed by atoms with Gasteiger partial charge in [-0.1, -0.05) is 6.07 Å². The van der Waals surface area contributed by atoms with Gasteiger partial charge in [-0.3, -0.25) is 4.79 Å². The second-order valence-electron chi connectivity index (χ2n) is 8.88. The summed E-state index contributed by atoms with van der Waals surface area (Å²) >= 11 is 1.17. The van der Waals surface area contributed by atoms with Crippen molar-refractivity contribution in [3.05, 3.63) is 29.8 Å². The molecule has 1 aromatic rings. The Bertz CT molecular complexity index is 682. The Hall–Kier alpha value is -1.17. The zero-order valence-corrected chi connectivity index (χ0v) is 16.3. The third-order valence-corrected chi connectivity index (χ3v) is 7.91. The molecule has 0 aromatic heterocycles. The molecular formula is C21H26F3NOS. The lowest BCUT2D eigenvalue weighted by atomic mass is 9.48. The van der Waals surface area contributed by atoms with Crippen molar-refractivity contribution in [1.29, 1.82) is 0 Å². The molecule has 4 fully saturated rings. The van der Waals surface area contributed by atoms with Crippen molar-refractivity contribution < 1.29 is 18.0 Å². The van der Waals surface area contributed by atoms with Gasteiger partial charge in [0.1, 0.15) is 0 Å². The van der Waals surface area contributed by atoms with Crippen molar-refractivity contribution in [3.8, 4) is 0 Å². The van der Waals surface area contributed by atoms with Gasteiger partial charge in [0.2, 0.25) is 5.91 Å². The summed E-state index contributed by atoms with van der Waals surface area (Å²) in [6.07, 6.45) is 3.41. The van der Waals surface area contributed by atoms with Gasteiger partial charge >= 0.3 is 6.18 Å². The molecule has 0 saturated heterocycles. The van der Waals surface area contributed by atoms with Gasteiger partial charge in [-0.25, -0.2) is 0 Å². The summed E-state index contributed by atoms with van der Waals surface area (Å²) in [5.74, 6) is 2.55. The number of carbonyl (C=O) groups is 1. The highest BCUT2D eigenvalue weighted by Crippen LogP contribution is 2.61. The lowest BCUT2D eigenvalue weighted by molar-refractivity contribution is -0.137. The van der Waals surface area contributed by atoms with Gasteiger partial charge < -0.3 is 5.32 Å². The van der Waals surface area contributed by atoms with Crippen molar-refractivity contribution in [1.82, 2.24) is 5.32 Å². The molecule has 4 bridgehead atoms. The monoisotopic (exact) mass is 397 g/mol. The fourth-order valence-electron chi connectivity index (χ4n) is 6.06. The second-order valence-corrected chi connectivity index (χ2v) is 9.93. The number of rotatable bonds is 5. The summed E-state index contributed by atoms with van der Waals surface area (Å²) in [5, 5.41) is 3.17. The Kier molecular flexibility index (Phi) is 4.98. The van der Waals surface area contributed by atoms with Gasteiger partial charge in [-0.2, -0.15) is 13.2 Å². The molecule has 1 atom stereocenters. The Morgan fingerprint density at radius 3 is 2.33 bits per heavy atom. The maximum Gasteiger partial charge on any atom is 0.416 e. The minimum atomic E-state index is -4.36. The van der Waals surface area contributed by atoms with Crippen LogP contribution < -0.4 is 5.32 Å². The van der Waals surface area contributed by atoms with Crippen LogP contribution >= 0.6 is 11.8 Å². The molecule has 6 heteroatoms. The first kappa shape index (κ1) is 19.2. The van der Waals surface area contributed by atoms with Crippen molar-refractivity contribution in [2.45, 2.75) is 62.6 Å². The lowest BCUT2D eigenvalue weighted by Crippen LogP contribution is -2.56. The van der Waals surface area contributed by atoms with Crippen LogP contribution in [0.25, 0.3) is 0 Å². The molecule has 4 aliphatic carbocycles. The highest BCUT2D eigenvalue weighted by Gasteiger charge is 2.53. The second kappa shape index (κ2) is 7.02. The molecule has 1 N–H and O–H groups in total. The van der Waals surface area contributed by atoms with Crippen LogP contribution in [0, 0.1) is 23.2 Å². The van der Waals surface area contributed by atoms with Gasteiger partial charge in [0.25, 0.3) is 0 Å². The molecule has 5 rings (SSSR count). The van der Waals surface area contributed by atoms with Crippen molar-refractivity contribution in [3.63, 3.8) is 0 Å². The van der Waals surface area contributed by atoms with Gasteiger partial charge in [-0.15, -0.1) is 11.8 Å². The van der Waals surface area contributed by atoms with Crippen LogP contribution in [0.4, 0.5) is 13.2 Å². The molecule has 1 amide bonds. The number of nitrogens with one attached hydrogen (secondary N) is 1. The summed E-state index contributed by atoms with van der Waals surface area (Å²) in [5.41, 5.74) is -0.430. The van der Waals surface area contributed by atoms with E-state index in [1.165, 1.54) is 56.4 Å². The van der Waals surface area contributed by atoms with E-state index in [9.17, 15) is 18.0 Å². The van der Waals surface area contributed by atoms with E-state index >= 15 is 0 Å². The van der Waals surface area contributed by atoms with Gasteiger partial charge in [0.15, 0.2) is 0 Å². The van der Waals surface area contributed by atoms with Crippen molar-refractivity contribution >= 4 is 17.7 Å². The Labute approximate surface area is 162 Å². The fourth-order valence-corrected chi connectivity index (χ4v) is 6.82. The Balaban J connectivity index is 1.33. The maximum atomic E-state index is 12.8. The zero-order chi connectivity index (χ0) is 19.2. The van der Waals surface area contributed by atoms with E-state index < -0.39 is 11.7 Å². The van der Waals surface area contributed by atoms with Crippen LogP contribution in [-0.4, -0.2) is 17.7 Å². The SMILES string of the molecule is C[C@@H](NC(=O)CSc1cccc(C(F)(F)F)c1)C12CC3CC(CC(C3)C1)C2. The third-order valence-electron chi connectivity index (χ3n) is 6.91. The van der Waals surface area contributed by atoms with E-state index in [4.69, 9.17) is 0 Å². The molecule has 4 saturated carbocycles. The summed E-state index contributed by atoms with van der Waals surface area (Å²) in [6, 6.07) is 5.32. The molecule has 0 heterocycles. The molecule has 0 spiro atoms. The maximum absolute atomic E-state index is 12.8. The van der Waals surface area contributed by atoms with E-state index in [1.807, 2.05) is 0 Å². The van der Waals surface area contributed by atoms with E-state index in [-0.39, 0.29) is 23.1 Å². The summed E-state index contributed by atoms with van der Waals surface area (Å²) < 4.78 is 38.4. The molecule has 2 nitrogen and oxygen atoms in total. The number of hydrogen-bond donors (Lipinski definition) is 1. The van der Waals surface area contributed by atoms with Crippen molar-refractivity contribution in [2.24, 2.45) is 23.2 Å². The standard InChI is InChI=1S/C21H26F3NOS/c1-13(20-9-14-5-15(10-20)7-16(6-14)11-20)25-19(26)12-27-18-4-2-3-17(8-18)21(22,23)24/h2-4,8,13-16H,5-7,9-12H2,1H3,(H,25,26)/t13-,14?,15?,16?,20?/m1/s1. The Morgan fingerprint density at radius 1 is 1.19 bits per heavy atom. The number of benzene rings is 1. The highest BCUT2D eigenvalue weighted by molar-refractivity contribution is 8.00. The number of amides is 1. The van der Waals surface area contributed by atoms with E-state index in [0.29, 0.717) is 4.90 Å². The van der Waals surface area contributed by atoms with Gasteiger partial charge in [0, 0.05) is 10.9 Å². The van der Waals surface area contributed by atoms with Crippen LogP contribution in [-0.2, 0) is 11.0 Å². The molecule has 1 aromatic carbocycles. The number of carbonyl (C=O) groups excluding carboxylic acids is 1. The number of thioether (sulfide) groups is 1. The summed E-state index contributed by atoms with van der Waals surface area (Å²) in [7, 11) is 0. The summed E-state index contributed by atoms with van der Waals surface area (Å²) in [4.78, 5) is 12.9. The van der Waals surface area contributed by atoms with E-state index in [0.717, 1.165) is 29.9 Å². The van der Waals surface area contributed by atoms with Gasteiger partial charge in [-0.05, 0) is 86.8 Å². The van der Waals surface area contributed by atoms with Crippen LogP contribution in [0.15, 0.2) is 29.2 Å². The first-order valence-electron chi connectivity index (χ1n) is 9.83. The van der Waals surface area contributed by atoms with Crippen LogP contribution in [0.1, 0.15) is 51.0 Å². The Morgan fingerprint density at radius 2 is 1.78 bits per heavy atom. The molecule has 0 unspecified atom stereocenters. The number of hydrogen-bond acceptors (Lipinski definition) is 2. The predicted molar refractivity (Wildman–Crippen MR) is 100 cm³/mol. The van der Waals surface area contributed by atoms with Gasteiger partial charge in [0.05, 0.1) is 11.3 Å². The van der Waals surface area contributed by atoms with Crippen LogP contribution in [0.2, 0.25) is 0 Å². The molecular weight excluding hydrogens is 371 g/mol. The van der Waals surface area contributed by atoms with Crippen molar-refractivity contribution in [2.75, 3.05) is 5.75 Å². The molecule has 4 aliphatic rings. The minimum absolute atomic E-state index is 0.0827. The molecule has 0 aliphatic heterocycles. The zero-order valence-electron chi connectivity index (χ0n) is 15.5. The highest BCUT2D eigenvalue weighted by atomic mass is 32.2. The first-order valence-corrected chi connectivity index (χ1v) is 10.8. The number of halogens is 3. The fraction of sp³-hybridized carbons (Fsp3) is 0.667. The summed E-state index contributed by atoms with van der Waals surface area (Å²) in [6.45, 7) is 2.12. The topological polar surface area (TPSA) is 29.1 Å². The average molecular weight is 398 g/mol. The molecule has 148 valence electrons. The average Bonchev–Trinajstić information content (AvgIpc) is 2.58.